The first-order chi connectivity index (χ1) is 8.10. The van der Waals surface area contributed by atoms with E-state index in [0.717, 1.165) is 12.0 Å². The molecule has 1 aromatic rings. The van der Waals surface area contributed by atoms with Crippen molar-refractivity contribution in [1.82, 2.24) is 0 Å². The van der Waals surface area contributed by atoms with Crippen LogP contribution in [0.15, 0.2) is 24.3 Å². The van der Waals surface area contributed by atoms with E-state index in [9.17, 15) is 8.78 Å². The van der Waals surface area contributed by atoms with Crippen LogP contribution in [0.4, 0.5) is 8.78 Å². The van der Waals surface area contributed by atoms with Gasteiger partial charge in [0.2, 0.25) is 0 Å². The number of rotatable bonds is 6. The maximum Gasteiger partial charge on any atom is 0.263 e. The molecule has 0 fully saturated rings. The summed E-state index contributed by atoms with van der Waals surface area (Å²) in [5, 5.41) is 9.02. The lowest BCUT2D eigenvalue weighted by atomic mass is 9.87. The van der Waals surface area contributed by atoms with Crippen molar-refractivity contribution in [1.29, 1.82) is 0 Å². The molecule has 0 saturated carbocycles. The van der Waals surface area contributed by atoms with E-state index >= 15 is 0 Å². The second-order valence-electron chi connectivity index (χ2n) is 4.16. The number of aliphatic hydroxyl groups is 1. The number of alkyl halides is 2. The minimum atomic E-state index is -2.47. The average molecular weight is 243 g/mol. The van der Waals surface area contributed by atoms with Gasteiger partial charge in [-0.1, -0.05) is 25.1 Å². The first-order valence-corrected chi connectivity index (χ1v) is 5.84. The summed E-state index contributed by atoms with van der Waals surface area (Å²) in [6.07, 6.45) is -1.21. The molecule has 0 aliphatic rings. The molecule has 2 nitrogen and oxygen atoms in total. The second kappa shape index (κ2) is 6.67. The maximum absolute atomic E-state index is 12.6. The van der Waals surface area contributed by atoms with Crippen molar-refractivity contribution in [2.75, 3.05) is 6.61 Å². The van der Waals surface area contributed by atoms with E-state index in [1.54, 1.807) is 12.1 Å². The lowest BCUT2D eigenvalue weighted by Gasteiger charge is -2.23. The van der Waals surface area contributed by atoms with Crippen molar-refractivity contribution >= 4 is 0 Å². The highest BCUT2D eigenvalue weighted by Gasteiger charge is 2.19. The molecule has 0 amide bonds. The van der Waals surface area contributed by atoms with Gasteiger partial charge < -0.3 is 10.8 Å². The predicted molar refractivity (Wildman–Crippen MR) is 64.1 cm³/mol. The Labute approximate surface area is 100 Å². The van der Waals surface area contributed by atoms with Crippen molar-refractivity contribution < 1.29 is 13.9 Å². The van der Waals surface area contributed by atoms with Crippen LogP contribution in [0.2, 0.25) is 0 Å². The van der Waals surface area contributed by atoms with Crippen molar-refractivity contribution in [2.45, 2.75) is 38.2 Å². The zero-order valence-electron chi connectivity index (χ0n) is 9.94. The topological polar surface area (TPSA) is 46.2 Å². The third kappa shape index (κ3) is 3.75. The molecule has 2 unspecified atom stereocenters. The molecule has 17 heavy (non-hydrogen) atoms. The molecule has 4 heteroatoms. The molecule has 1 rings (SSSR count). The van der Waals surface area contributed by atoms with E-state index in [-0.39, 0.29) is 24.1 Å². The van der Waals surface area contributed by atoms with E-state index in [2.05, 4.69) is 0 Å². The summed E-state index contributed by atoms with van der Waals surface area (Å²) < 4.78 is 25.2. The van der Waals surface area contributed by atoms with Crippen LogP contribution in [0.25, 0.3) is 0 Å². The van der Waals surface area contributed by atoms with E-state index in [1.807, 2.05) is 6.92 Å². The van der Waals surface area contributed by atoms with Crippen LogP contribution in [0.3, 0.4) is 0 Å². The Morgan fingerprint density at radius 3 is 2.47 bits per heavy atom. The third-order valence-corrected chi connectivity index (χ3v) is 3.02. The fourth-order valence-electron chi connectivity index (χ4n) is 1.98. The summed E-state index contributed by atoms with van der Waals surface area (Å²) in [6, 6.07) is 6.18. The summed E-state index contributed by atoms with van der Waals surface area (Å²) in [5.74, 6) is -0.0660. The summed E-state index contributed by atoms with van der Waals surface area (Å²) in [4.78, 5) is 0. The zero-order chi connectivity index (χ0) is 12.8. The van der Waals surface area contributed by atoms with E-state index < -0.39 is 6.43 Å². The van der Waals surface area contributed by atoms with Gasteiger partial charge in [0.25, 0.3) is 6.43 Å². The number of hydrogen-bond acceptors (Lipinski definition) is 2. The lowest BCUT2D eigenvalue weighted by Crippen LogP contribution is -2.28. The van der Waals surface area contributed by atoms with Gasteiger partial charge in [0, 0.05) is 24.1 Å². The van der Waals surface area contributed by atoms with Gasteiger partial charge in [0.1, 0.15) is 0 Å². The van der Waals surface area contributed by atoms with Gasteiger partial charge in [0.15, 0.2) is 0 Å². The Bertz CT molecular complexity index is 344. The van der Waals surface area contributed by atoms with E-state index in [0.29, 0.717) is 6.42 Å². The molecule has 0 heterocycles. The fraction of sp³-hybridized carbons (Fsp3) is 0.538. The number of halogens is 2. The molecule has 0 radical (unpaired) electrons. The highest BCUT2D eigenvalue weighted by molar-refractivity contribution is 5.28. The number of aliphatic hydroxyl groups excluding tert-OH is 1. The van der Waals surface area contributed by atoms with E-state index in [1.165, 1.54) is 12.1 Å². The SMILES string of the molecule is CCC(N)C(CCO)c1cccc(C(F)F)c1. The molecular weight excluding hydrogens is 224 g/mol. The largest absolute Gasteiger partial charge is 0.396 e. The molecule has 2 atom stereocenters. The molecule has 3 N–H and O–H groups in total. The van der Waals surface area contributed by atoms with Crippen LogP contribution in [-0.4, -0.2) is 17.8 Å². The minimum Gasteiger partial charge on any atom is -0.396 e. The minimum absolute atomic E-state index is 0.00810. The van der Waals surface area contributed by atoms with Gasteiger partial charge in [-0.2, -0.15) is 0 Å². The van der Waals surface area contributed by atoms with Crippen molar-refractivity contribution in [3.63, 3.8) is 0 Å². The Morgan fingerprint density at radius 2 is 1.94 bits per heavy atom. The van der Waals surface area contributed by atoms with Crippen LogP contribution in [0, 0.1) is 0 Å². The van der Waals surface area contributed by atoms with Crippen LogP contribution in [0.1, 0.15) is 43.2 Å². The standard InChI is InChI=1S/C13H19F2NO/c1-2-12(16)11(6-7-17)9-4-3-5-10(8-9)13(14)15/h3-5,8,11-13,17H,2,6-7,16H2,1H3. The fourth-order valence-corrected chi connectivity index (χ4v) is 1.98. The van der Waals surface area contributed by atoms with Gasteiger partial charge in [0.05, 0.1) is 0 Å². The Hall–Kier alpha value is -1.00. The zero-order valence-corrected chi connectivity index (χ0v) is 9.94. The van der Waals surface area contributed by atoms with Gasteiger partial charge in [-0.3, -0.25) is 0 Å². The predicted octanol–water partition coefficient (Wildman–Crippen LogP) is 2.83. The first kappa shape index (κ1) is 14.1. The highest BCUT2D eigenvalue weighted by Crippen LogP contribution is 2.27. The summed E-state index contributed by atoms with van der Waals surface area (Å²) in [5.41, 5.74) is 6.75. The monoisotopic (exact) mass is 243 g/mol. The molecule has 0 saturated heterocycles. The lowest BCUT2D eigenvalue weighted by molar-refractivity contribution is 0.151. The Morgan fingerprint density at radius 1 is 1.29 bits per heavy atom. The quantitative estimate of drug-likeness (QED) is 0.807. The maximum atomic E-state index is 12.6. The normalized spacial score (nSPS) is 14.9. The number of hydrogen-bond donors (Lipinski definition) is 2. The molecule has 0 aromatic heterocycles. The number of nitrogens with two attached hydrogens (primary N) is 1. The molecular formula is C13H19F2NO. The van der Waals surface area contributed by atoms with Crippen molar-refractivity contribution in [3.8, 4) is 0 Å². The van der Waals surface area contributed by atoms with Crippen molar-refractivity contribution in [3.05, 3.63) is 35.4 Å². The van der Waals surface area contributed by atoms with Gasteiger partial charge in [-0.05, 0) is 24.5 Å². The molecule has 0 spiro atoms. The van der Waals surface area contributed by atoms with Gasteiger partial charge in [-0.25, -0.2) is 8.78 Å². The van der Waals surface area contributed by atoms with Crippen LogP contribution in [-0.2, 0) is 0 Å². The molecule has 96 valence electrons. The molecule has 1 aromatic carbocycles. The average Bonchev–Trinajstić information content (AvgIpc) is 2.35. The smallest absolute Gasteiger partial charge is 0.263 e. The van der Waals surface area contributed by atoms with Crippen molar-refractivity contribution in [2.24, 2.45) is 5.73 Å². The van der Waals surface area contributed by atoms with Crippen LogP contribution >= 0.6 is 0 Å². The first-order valence-electron chi connectivity index (χ1n) is 5.84. The highest BCUT2D eigenvalue weighted by atomic mass is 19.3. The molecule has 0 aliphatic carbocycles. The molecule has 0 bridgehead atoms. The second-order valence-corrected chi connectivity index (χ2v) is 4.16. The summed E-state index contributed by atoms with van der Waals surface area (Å²) >= 11 is 0. The third-order valence-electron chi connectivity index (χ3n) is 3.02. The van der Waals surface area contributed by atoms with Crippen LogP contribution in [0.5, 0.6) is 0 Å². The van der Waals surface area contributed by atoms with Gasteiger partial charge in [-0.15, -0.1) is 0 Å². The Kier molecular flexibility index (Phi) is 5.51. The molecule has 0 aliphatic heterocycles. The summed E-state index contributed by atoms with van der Waals surface area (Å²) in [6.45, 7) is 1.96. The summed E-state index contributed by atoms with van der Waals surface area (Å²) in [7, 11) is 0. The van der Waals surface area contributed by atoms with Gasteiger partial charge >= 0.3 is 0 Å². The number of benzene rings is 1. The van der Waals surface area contributed by atoms with Crippen LogP contribution < -0.4 is 5.73 Å². The van der Waals surface area contributed by atoms with E-state index in [4.69, 9.17) is 10.8 Å². The Balaban J connectivity index is 2.97.